The molecule has 1 fully saturated rings. The number of hydrogen-bond donors (Lipinski definition) is 5. The lowest BCUT2D eigenvalue weighted by atomic mass is 9.89. The van der Waals surface area contributed by atoms with Crippen LogP contribution in [0, 0.1) is 0 Å². The lowest BCUT2D eigenvalue weighted by molar-refractivity contribution is -0.300. The summed E-state index contributed by atoms with van der Waals surface area (Å²) >= 11 is 0. The van der Waals surface area contributed by atoms with Crippen LogP contribution in [-0.2, 0) is 23.8 Å². The van der Waals surface area contributed by atoms with Gasteiger partial charge in [-0.15, -0.1) is 0 Å². The predicted molar refractivity (Wildman–Crippen MR) is 73.7 cm³/mol. The molecule has 0 spiro atoms. The maximum atomic E-state index is 12.1. The second-order valence-corrected chi connectivity index (χ2v) is 5.24. The minimum absolute atomic E-state index is 0.0418. The van der Waals surface area contributed by atoms with Crippen LogP contribution in [-0.4, -0.2) is 81.8 Å². The van der Waals surface area contributed by atoms with Gasteiger partial charge in [-0.25, -0.2) is 4.79 Å². The monoisotopic (exact) mass is 337 g/mol. The van der Waals surface area contributed by atoms with E-state index in [1.165, 1.54) is 6.92 Å². The van der Waals surface area contributed by atoms with Crippen LogP contribution in [0.15, 0.2) is 0 Å². The van der Waals surface area contributed by atoms with Crippen molar-refractivity contribution in [1.29, 1.82) is 0 Å². The van der Waals surface area contributed by atoms with Crippen LogP contribution in [0.2, 0.25) is 0 Å². The third kappa shape index (κ3) is 4.37. The van der Waals surface area contributed by atoms with Gasteiger partial charge in [-0.1, -0.05) is 0 Å². The van der Waals surface area contributed by atoms with Gasteiger partial charge < -0.3 is 40.4 Å². The molecule has 0 radical (unpaired) electrons. The molecule has 0 aliphatic carbocycles. The minimum Gasteiger partial charge on any atom is -0.461 e. The predicted octanol–water partition coefficient (Wildman–Crippen LogP) is -3.00. The highest BCUT2D eigenvalue weighted by Crippen LogP contribution is 2.33. The number of aliphatic hydroxyl groups is 4. The van der Waals surface area contributed by atoms with Gasteiger partial charge >= 0.3 is 17.7 Å². The van der Waals surface area contributed by atoms with Crippen molar-refractivity contribution in [2.75, 3.05) is 13.2 Å². The van der Waals surface area contributed by atoms with Crippen LogP contribution in [0.25, 0.3) is 0 Å². The largest absolute Gasteiger partial charge is 0.461 e. The topological polar surface area (TPSA) is 169 Å². The Kier molecular flexibility index (Phi) is 6.86. The molecular weight excluding hydrogens is 314 g/mol. The Balaban J connectivity index is 3.15. The average molecular weight is 337 g/mol. The first-order valence-corrected chi connectivity index (χ1v) is 7.13. The fraction of sp³-hybridized carbons (Fsp3) is 0.846. The molecule has 6 atom stereocenters. The fourth-order valence-electron chi connectivity index (χ4n) is 2.31. The molecule has 1 rings (SSSR count). The quantitative estimate of drug-likeness (QED) is 0.315. The van der Waals surface area contributed by atoms with Crippen LogP contribution >= 0.6 is 0 Å². The van der Waals surface area contributed by atoms with E-state index in [9.17, 15) is 24.9 Å². The highest BCUT2D eigenvalue weighted by molar-refractivity contribution is 5.81. The van der Waals surface area contributed by atoms with E-state index in [0.717, 1.165) is 6.92 Å². The first kappa shape index (κ1) is 19.7. The van der Waals surface area contributed by atoms with E-state index in [-0.39, 0.29) is 6.61 Å². The van der Waals surface area contributed by atoms with Crippen LogP contribution < -0.4 is 5.73 Å². The Hall–Kier alpha value is -1.30. The van der Waals surface area contributed by atoms with Crippen molar-refractivity contribution < 1.29 is 44.2 Å². The molecular formula is C13H23NO9. The highest BCUT2D eigenvalue weighted by Gasteiger charge is 2.56. The summed E-state index contributed by atoms with van der Waals surface area (Å²) in [7, 11) is 0. The van der Waals surface area contributed by atoms with Gasteiger partial charge in [0.05, 0.1) is 31.8 Å². The summed E-state index contributed by atoms with van der Waals surface area (Å²) < 4.78 is 15.0. The zero-order valence-corrected chi connectivity index (χ0v) is 12.9. The van der Waals surface area contributed by atoms with Crippen LogP contribution in [0.1, 0.15) is 20.3 Å². The third-order valence-corrected chi connectivity index (χ3v) is 3.44. The Morgan fingerprint density at radius 3 is 2.52 bits per heavy atom. The number of carbonyl (C=O) groups is 2. The molecule has 0 amide bonds. The molecule has 1 aliphatic heterocycles. The Bertz CT molecular complexity index is 432. The zero-order valence-electron chi connectivity index (χ0n) is 12.9. The standard InChI is InChI=1S/C13H23NO9/c1-3-21-12(20)13(22-6(2)16)4-7(17)9(14)11(23-13)10(19)8(18)5-15/h7-11,15,17-19H,3-5,14H2,1-2H3/t7-,8?,9+,10?,11+,13?/m0/s1. The van der Waals surface area contributed by atoms with Crippen LogP contribution in [0.3, 0.4) is 0 Å². The zero-order chi connectivity index (χ0) is 17.8. The molecule has 0 aromatic carbocycles. The van der Waals surface area contributed by atoms with Crippen LogP contribution in [0.4, 0.5) is 0 Å². The van der Waals surface area contributed by atoms with E-state index in [1.807, 2.05) is 0 Å². The van der Waals surface area contributed by atoms with Crippen molar-refractivity contribution in [2.45, 2.75) is 56.5 Å². The Morgan fingerprint density at radius 2 is 2.04 bits per heavy atom. The molecule has 1 heterocycles. The molecule has 134 valence electrons. The summed E-state index contributed by atoms with van der Waals surface area (Å²) in [5, 5.41) is 38.5. The SMILES string of the molecule is CCOC(=O)C1(OC(C)=O)C[C@H](O)[C@@H](N)[C@H](C(O)C(O)CO)O1. The van der Waals surface area contributed by atoms with Gasteiger partial charge in [0.1, 0.15) is 18.3 Å². The number of rotatable bonds is 6. The molecule has 10 nitrogen and oxygen atoms in total. The Morgan fingerprint density at radius 1 is 1.43 bits per heavy atom. The van der Waals surface area contributed by atoms with E-state index in [2.05, 4.69) is 0 Å². The Labute approximate surface area is 132 Å². The lowest BCUT2D eigenvalue weighted by Gasteiger charge is -2.45. The molecule has 0 aromatic heterocycles. The molecule has 0 aromatic rings. The number of ether oxygens (including phenoxy) is 3. The third-order valence-electron chi connectivity index (χ3n) is 3.44. The average Bonchev–Trinajstić information content (AvgIpc) is 2.48. The highest BCUT2D eigenvalue weighted by atomic mass is 16.8. The smallest absolute Gasteiger partial charge is 0.379 e. The first-order valence-electron chi connectivity index (χ1n) is 7.13. The summed E-state index contributed by atoms with van der Waals surface area (Å²) in [5.41, 5.74) is 5.72. The normalized spacial score (nSPS) is 33.6. The van der Waals surface area contributed by atoms with Gasteiger partial charge in [0.15, 0.2) is 0 Å². The number of hydrogen-bond acceptors (Lipinski definition) is 10. The van der Waals surface area contributed by atoms with Crippen molar-refractivity contribution in [3.63, 3.8) is 0 Å². The number of carbonyl (C=O) groups excluding carboxylic acids is 2. The van der Waals surface area contributed by atoms with Crippen molar-refractivity contribution >= 4 is 11.9 Å². The maximum Gasteiger partial charge on any atom is 0.379 e. The van der Waals surface area contributed by atoms with Gasteiger partial charge in [0, 0.05) is 6.92 Å². The van der Waals surface area contributed by atoms with E-state index in [1.54, 1.807) is 0 Å². The van der Waals surface area contributed by atoms with Crippen LogP contribution in [0.5, 0.6) is 0 Å². The van der Waals surface area contributed by atoms with Crippen molar-refractivity contribution in [3.8, 4) is 0 Å². The molecule has 0 saturated carbocycles. The molecule has 23 heavy (non-hydrogen) atoms. The first-order chi connectivity index (χ1) is 10.7. The van der Waals surface area contributed by atoms with Gasteiger partial charge in [-0.3, -0.25) is 4.79 Å². The lowest BCUT2D eigenvalue weighted by Crippen LogP contribution is -2.66. The van der Waals surface area contributed by atoms with Crippen molar-refractivity contribution in [3.05, 3.63) is 0 Å². The number of aliphatic hydroxyl groups excluding tert-OH is 4. The fourth-order valence-corrected chi connectivity index (χ4v) is 2.31. The molecule has 10 heteroatoms. The summed E-state index contributed by atoms with van der Waals surface area (Å²) in [4.78, 5) is 23.5. The van der Waals surface area contributed by atoms with E-state index >= 15 is 0 Å². The second-order valence-electron chi connectivity index (χ2n) is 5.24. The van der Waals surface area contributed by atoms with E-state index in [0.29, 0.717) is 0 Å². The summed E-state index contributed by atoms with van der Waals surface area (Å²) in [6, 6.07) is -1.19. The number of nitrogens with two attached hydrogens (primary N) is 1. The summed E-state index contributed by atoms with van der Waals surface area (Å²) in [6.07, 6.45) is -6.73. The van der Waals surface area contributed by atoms with Crippen molar-refractivity contribution in [2.24, 2.45) is 5.73 Å². The van der Waals surface area contributed by atoms with Gasteiger partial charge in [-0.2, -0.15) is 0 Å². The maximum absolute atomic E-state index is 12.1. The molecule has 0 bridgehead atoms. The van der Waals surface area contributed by atoms with E-state index < -0.39 is 61.2 Å². The van der Waals surface area contributed by atoms with Gasteiger partial charge in [-0.05, 0) is 6.92 Å². The minimum atomic E-state index is -2.29. The van der Waals surface area contributed by atoms with Gasteiger partial charge in [0.25, 0.3) is 0 Å². The molecule has 1 aliphatic rings. The summed E-state index contributed by atoms with van der Waals surface area (Å²) in [5.74, 6) is -4.24. The van der Waals surface area contributed by atoms with E-state index in [4.69, 9.17) is 25.1 Å². The number of esters is 2. The van der Waals surface area contributed by atoms with Crippen molar-refractivity contribution in [1.82, 2.24) is 0 Å². The molecule has 1 saturated heterocycles. The summed E-state index contributed by atoms with van der Waals surface area (Å²) in [6.45, 7) is 1.70. The molecule has 3 unspecified atom stereocenters. The molecule has 6 N–H and O–H groups in total. The second kappa shape index (κ2) is 7.99. The van der Waals surface area contributed by atoms with Gasteiger partial charge in [0.2, 0.25) is 0 Å².